The van der Waals surface area contributed by atoms with E-state index < -0.39 is 23.4 Å². The van der Waals surface area contributed by atoms with Crippen LogP contribution in [0.1, 0.15) is 38.2 Å². The third-order valence-electron chi connectivity index (χ3n) is 5.59. The number of hydrogen-bond acceptors (Lipinski definition) is 3. The Labute approximate surface area is 133 Å². The lowest BCUT2D eigenvalue weighted by atomic mass is 9.77. The number of cyclic esters (lactones) is 1. The van der Waals surface area contributed by atoms with Gasteiger partial charge in [-0.15, -0.1) is 0 Å². The van der Waals surface area contributed by atoms with Crippen LogP contribution in [0, 0.1) is 29.4 Å². The van der Waals surface area contributed by atoms with Gasteiger partial charge in [-0.1, -0.05) is 12.5 Å². The molecule has 2 saturated carbocycles. The van der Waals surface area contributed by atoms with Gasteiger partial charge in [0.15, 0.2) is 0 Å². The molecular formula is C18H18F2O3. The zero-order chi connectivity index (χ0) is 16.4. The van der Waals surface area contributed by atoms with Crippen LogP contribution in [0.3, 0.4) is 0 Å². The van der Waals surface area contributed by atoms with Crippen molar-refractivity contribution in [1.29, 1.82) is 0 Å². The van der Waals surface area contributed by atoms with Gasteiger partial charge in [-0.2, -0.15) is 0 Å². The summed E-state index contributed by atoms with van der Waals surface area (Å²) in [6.07, 6.45) is 4.06. The molecule has 0 aromatic heterocycles. The molecule has 1 aromatic rings. The van der Waals surface area contributed by atoms with E-state index in [1.54, 1.807) is 0 Å². The van der Waals surface area contributed by atoms with Crippen molar-refractivity contribution in [1.82, 2.24) is 0 Å². The molecule has 23 heavy (non-hydrogen) atoms. The second kappa shape index (κ2) is 4.87. The smallest absolute Gasteiger partial charge is 0.341 e. The Kier molecular flexibility index (Phi) is 3.14. The summed E-state index contributed by atoms with van der Waals surface area (Å²) in [5.74, 6) is -3.40. The van der Waals surface area contributed by atoms with Gasteiger partial charge in [0.05, 0.1) is 11.1 Å². The first kappa shape index (κ1) is 14.8. The molecule has 3 aliphatic rings. The van der Waals surface area contributed by atoms with Crippen molar-refractivity contribution in [2.45, 2.75) is 38.4 Å². The van der Waals surface area contributed by atoms with Crippen molar-refractivity contribution in [2.24, 2.45) is 17.8 Å². The van der Waals surface area contributed by atoms with E-state index >= 15 is 0 Å². The van der Waals surface area contributed by atoms with Crippen LogP contribution in [0.25, 0.3) is 5.57 Å². The summed E-state index contributed by atoms with van der Waals surface area (Å²) >= 11 is 0. The fraction of sp³-hybridized carbons (Fsp3) is 0.500. The highest BCUT2D eigenvalue weighted by Gasteiger charge is 2.53. The molecule has 3 nitrogen and oxygen atoms in total. The lowest BCUT2D eigenvalue weighted by Gasteiger charge is -2.30. The van der Waals surface area contributed by atoms with Gasteiger partial charge in [-0.3, -0.25) is 0 Å². The lowest BCUT2D eigenvalue weighted by molar-refractivity contribution is -0.176. The van der Waals surface area contributed by atoms with Gasteiger partial charge < -0.3 is 9.84 Å². The maximum atomic E-state index is 14.2. The topological polar surface area (TPSA) is 46.5 Å². The Morgan fingerprint density at radius 2 is 1.91 bits per heavy atom. The Balaban J connectivity index is 1.92. The van der Waals surface area contributed by atoms with Crippen LogP contribution < -0.4 is 0 Å². The summed E-state index contributed by atoms with van der Waals surface area (Å²) in [5, 5.41) is 10.6. The summed E-state index contributed by atoms with van der Waals surface area (Å²) in [6, 6.07) is 3.48. The third kappa shape index (κ3) is 2.13. The van der Waals surface area contributed by atoms with Gasteiger partial charge in [0, 0.05) is 12.5 Å². The molecule has 2 aliphatic carbocycles. The Morgan fingerprint density at radius 1 is 1.22 bits per heavy atom. The van der Waals surface area contributed by atoms with Gasteiger partial charge in [0.25, 0.3) is 0 Å². The molecule has 2 bridgehead atoms. The van der Waals surface area contributed by atoms with Crippen LogP contribution in [-0.2, 0) is 9.53 Å². The molecule has 0 amide bonds. The molecule has 0 radical (unpaired) electrons. The summed E-state index contributed by atoms with van der Waals surface area (Å²) in [4.78, 5) is 12.3. The predicted molar refractivity (Wildman–Crippen MR) is 78.9 cm³/mol. The van der Waals surface area contributed by atoms with Crippen LogP contribution >= 0.6 is 0 Å². The average Bonchev–Trinajstić information content (AvgIpc) is 3.12. The molecule has 1 heterocycles. The van der Waals surface area contributed by atoms with Crippen molar-refractivity contribution >= 4 is 11.5 Å². The number of ether oxygens (including phenoxy) is 1. The van der Waals surface area contributed by atoms with Gasteiger partial charge in [-0.05, 0) is 49.1 Å². The third-order valence-corrected chi connectivity index (χ3v) is 5.59. The van der Waals surface area contributed by atoms with E-state index in [1.165, 1.54) is 13.0 Å². The quantitative estimate of drug-likeness (QED) is 0.849. The van der Waals surface area contributed by atoms with Gasteiger partial charge in [0.1, 0.15) is 11.6 Å². The summed E-state index contributed by atoms with van der Waals surface area (Å²) < 4.78 is 33.5. The second-order valence-corrected chi connectivity index (χ2v) is 7.04. The highest BCUT2D eigenvalue weighted by Crippen LogP contribution is 2.56. The van der Waals surface area contributed by atoms with Gasteiger partial charge in [-0.25, -0.2) is 13.6 Å². The Hall–Kier alpha value is -1.75. The summed E-state index contributed by atoms with van der Waals surface area (Å²) in [5.41, 5.74) is -0.144. The largest absolute Gasteiger partial charge is 0.426 e. The second-order valence-electron chi connectivity index (χ2n) is 7.04. The zero-order valence-electron chi connectivity index (χ0n) is 12.8. The first-order valence-corrected chi connectivity index (χ1v) is 8.03. The molecule has 4 unspecified atom stereocenters. The molecule has 4 rings (SSSR count). The van der Waals surface area contributed by atoms with Crippen LogP contribution in [0.5, 0.6) is 0 Å². The van der Waals surface area contributed by atoms with E-state index in [-0.39, 0.29) is 17.1 Å². The zero-order valence-corrected chi connectivity index (χ0v) is 12.8. The number of benzene rings is 1. The fourth-order valence-corrected chi connectivity index (χ4v) is 4.73. The first-order valence-electron chi connectivity index (χ1n) is 8.03. The predicted octanol–water partition coefficient (Wildman–Crippen LogP) is 3.42. The normalized spacial score (nSPS) is 36.0. The highest BCUT2D eigenvalue weighted by molar-refractivity contribution is 6.20. The van der Waals surface area contributed by atoms with Crippen molar-refractivity contribution < 1.29 is 23.4 Å². The van der Waals surface area contributed by atoms with Crippen LogP contribution in [0.2, 0.25) is 0 Å². The van der Waals surface area contributed by atoms with E-state index in [1.807, 2.05) is 0 Å². The monoisotopic (exact) mass is 320 g/mol. The Bertz CT molecular complexity index is 703. The SMILES string of the molecule is CC1(O)OC(=O)C(c2c(F)cccc2F)=C1C1CC2CCC1C2. The van der Waals surface area contributed by atoms with Gasteiger partial charge >= 0.3 is 5.97 Å². The molecule has 1 aromatic carbocycles. The molecule has 0 spiro atoms. The molecule has 0 saturated heterocycles. The first-order chi connectivity index (χ1) is 10.9. The number of hydrogen-bond donors (Lipinski definition) is 1. The van der Waals surface area contributed by atoms with Crippen LogP contribution in [-0.4, -0.2) is 16.9 Å². The Morgan fingerprint density at radius 3 is 2.48 bits per heavy atom. The highest BCUT2D eigenvalue weighted by atomic mass is 19.1. The van der Waals surface area contributed by atoms with Crippen LogP contribution in [0.15, 0.2) is 23.8 Å². The minimum atomic E-state index is -1.80. The van der Waals surface area contributed by atoms with E-state index in [9.17, 15) is 18.7 Å². The maximum Gasteiger partial charge on any atom is 0.341 e. The molecule has 1 aliphatic heterocycles. The minimum absolute atomic E-state index is 0.0517. The van der Waals surface area contributed by atoms with Crippen molar-refractivity contribution in [3.8, 4) is 0 Å². The number of fused-ring (bicyclic) bond motifs is 2. The van der Waals surface area contributed by atoms with Crippen LogP contribution in [0.4, 0.5) is 8.78 Å². The number of rotatable bonds is 2. The van der Waals surface area contributed by atoms with E-state index in [4.69, 9.17) is 4.74 Å². The van der Waals surface area contributed by atoms with Crippen molar-refractivity contribution in [2.75, 3.05) is 0 Å². The fourth-order valence-electron chi connectivity index (χ4n) is 4.73. The van der Waals surface area contributed by atoms with Gasteiger partial charge in [0.2, 0.25) is 5.79 Å². The van der Waals surface area contributed by atoms with E-state index in [0.717, 1.165) is 37.8 Å². The standard InChI is InChI=1S/C18H18F2O3/c1-18(22)16(11-8-9-5-6-10(11)7-9)15(17(21)23-18)14-12(19)3-2-4-13(14)20/h2-4,9-11,22H,5-8H2,1H3. The minimum Gasteiger partial charge on any atom is -0.426 e. The average molecular weight is 320 g/mol. The molecule has 1 N–H and O–H groups in total. The summed E-state index contributed by atoms with van der Waals surface area (Å²) in [7, 11) is 0. The number of halogens is 2. The molecule has 5 heteroatoms. The molecule has 4 atom stereocenters. The molecular weight excluding hydrogens is 302 g/mol. The maximum absolute atomic E-state index is 14.2. The molecule has 2 fully saturated rings. The number of carbonyl (C=O) groups is 1. The van der Waals surface area contributed by atoms with Crippen molar-refractivity contribution in [3.05, 3.63) is 41.0 Å². The number of carbonyl (C=O) groups excluding carboxylic acids is 1. The van der Waals surface area contributed by atoms with Crippen molar-refractivity contribution in [3.63, 3.8) is 0 Å². The summed E-state index contributed by atoms with van der Waals surface area (Å²) in [6.45, 7) is 1.39. The number of esters is 1. The lowest BCUT2D eigenvalue weighted by Crippen LogP contribution is -2.32. The van der Waals surface area contributed by atoms with E-state index in [0.29, 0.717) is 17.4 Å². The van der Waals surface area contributed by atoms with E-state index in [2.05, 4.69) is 0 Å². The number of aliphatic hydroxyl groups is 1. The molecule has 122 valence electrons.